The summed E-state index contributed by atoms with van der Waals surface area (Å²) in [5.74, 6) is 1.70. The summed E-state index contributed by atoms with van der Waals surface area (Å²) < 4.78 is 5.38. The number of rotatable bonds is 3. The molecule has 2 unspecified atom stereocenters. The van der Waals surface area contributed by atoms with E-state index in [0.717, 1.165) is 25.0 Å². The van der Waals surface area contributed by atoms with Gasteiger partial charge in [0.2, 0.25) is 0 Å². The van der Waals surface area contributed by atoms with Crippen LogP contribution in [0, 0.1) is 11.8 Å². The van der Waals surface area contributed by atoms with Gasteiger partial charge in [-0.2, -0.15) is 0 Å². The molecule has 0 aromatic heterocycles. The second-order valence-corrected chi connectivity index (χ2v) is 4.95. The number of halogens is 1. The van der Waals surface area contributed by atoms with Crippen molar-refractivity contribution in [3.63, 3.8) is 0 Å². The molecule has 0 bridgehead atoms. The molecule has 2 rings (SSSR count). The van der Waals surface area contributed by atoms with Crippen LogP contribution < -0.4 is 0 Å². The largest absolute Gasteiger partial charge is 0.381 e. The maximum atomic E-state index is 5.38. The van der Waals surface area contributed by atoms with Crippen molar-refractivity contribution in [1.29, 1.82) is 0 Å². The topological polar surface area (TPSA) is 12.5 Å². The van der Waals surface area contributed by atoms with Gasteiger partial charge >= 0.3 is 0 Å². The van der Waals surface area contributed by atoms with Gasteiger partial charge in [0, 0.05) is 25.0 Å². The first-order chi connectivity index (χ1) is 6.38. The van der Waals surface area contributed by atoms with Crippen LogP contribution in [0.25, 0.3) is 0 Å². The zero-order chi connectivity index (χ0) is 9.10. The third-order valence-electron chi connectivity index (χ3n) is 3.13. The molecule has 3 heteroatoms. The normalized spacial score (nSPS) is 35.8. The Labute approximate surface area is 88.8 Å². The van der Waals surface area contributed by atoms with Gasteiger partial charge in [-0.3, -0.25) is 0 Å². The first-order valence-corrected chi connectivity index (χ1v) is 6.36. The molecule has 0 aromatic carbocycles. The van der Waals surface area contributed by atoms with E-state index in [4.69, 9.17) is 4.74 Å². The number of hydrogen-bond acceptors (Lipinski definition) is 2. The molecule has 0 N–H and O–H groups in total. The number of alkyl halides is 1. The third-order valence-corrected chi connectivity index (χ3v) is 4.04. The standard InChI is InChI=1S/C10H18BrNO/c11-5-9-1-3-12(6-9)7-10-2-4-13-8-10/h9-10H,1-8H2. The van der Waals surface area contributed by atoms with Crippen molar-refractivity contribution in [2.45, 2.75) is 12.8 Å². The maximum absolute atomic E-state index is 5.38. The van der Waals surface area contributed by atoms with Gasteiger partial charge in [0.1, 0.15) is 0 Å². The number of ether oxygens (including phenoxy) is 1. The molecular formula is C10H18BrNO. The summed E-state index contributed by atoms with van der Waals surface area (Å²) in [6, 6.07) is 0. The average molecular weight is 248 g/mol. The van der Waals surface area contributed by atoms with Gasteiger partial charge in [-0.1, -0.05) is 15.9 Å². The highest BCUT2D eigenvalue weighted by atomic mass is 79.9. The van der Waals surface area contributed by atoms with Gasteiger partial charge < -0.3 is 9.64 Å². The van der Waals surface area contributed by atoms with E-state index in [1.807, 2.05) is 0 Å². The summed E-state index contributed by atoms with van der Waals surface area (Å²) in [6.45, 7) is 5.84. The van der Waals surface area contributed by atoms with E-state index in [0.29, 0.717) is 0 Å². The van der Waals surface area contributed by atoms with Gasteiger partial charge in [0.25, 0.3) is 0 Å². The maximum Gasteiger partial charge on any atom is 0.0507 e. The highest BCUT2D eigenvalue weighted by Crippen LogP contribution is 2.21. The van der Waals surface area contributed by atoms with Crippen molar-refractivity contribution in [3.05, 3.63) is 0 Å². The molecule has 2 heterocycles. The highest BCUT2D eigenvalue weighted by molar-refractivity contribution is 9.09. The minimum atomic E-state index is 0.814. The molecule has 2 atom stereocenters. The molecular weight excluding hydrogens is 230 g/mol. The van der Waals surface area contributed by atoms with E-state index in [2.05, 4.69) is 20.8 Å². The molecule has 13 heavy (non-hydrogen) atoms. The van der Waals surface area contributed by atoms with E-state index >= 15 is 0 Å². The SMILES string of the molecule is BrCC1CCN(CC2CCOC2)C1. The molecule has 2 saturated heterocycles. The summed E-state index contributed by atoms with van der Waals surface area (Å²) in [5.41, 5.74) is 0. The van der Waals surface area contributed by atoms with Crippen molar-refractivity contribution >= 4 is 15.9 Å². The lowest BCUT2D eigenvalue weighted by Crippen LogP contribution is -2.27. The zero-order valence-electron chi connectivity index (χ0n) is 8.04. The summed E-state index contributed by atoms with van der Waals surface area (Å²) in [7, 11) is 0. The Morgan fingerprint density at radius 2 is 2.23 bits per heavy atom. The smallest absolute Gasteiger partial charge is 0.0507 e. The number of likely N-dealkylation sites (tertiary alicyclic amines) is 1. The van der Waals surface area contributed by atoms with Gasteiger partial charge in [-0.15, -0.1) is 0 Å². The van der Waals surface area contributed by atoms with Gasteiger partial charge in [-0.25, -0.2) is 0 Å². The Balaban J connectivity index is 1.70. The van der Waals surface area contributed by atoms with E-state index in [-0.39, 0.29) is 0 Å². The lowest BCUT2D eigenvalue weighted by atomic mass is 10.1. The van der Waals surface area contributed by atoms with Crippen LogP contribution in [0.3, 0.4) is 0 Å². The van der Waals surface area contributed by atoms with Gasteiger partial charge in [0.05, 0.1) is 6.61 Å². The minimum absolute atomic E-state index is 0.814. The van der Waals surface area contributed by atoms with Crippen LogP contribution >= 0.6 is 15.9 Å². The molecule has 0 saturated carbocycles. The number of hydrogen-bond donors (Lipinski definition) is 0. The summed E-state index contributed by atoms with van der Waals surface area (Å²) >= 11 is 3.57. The van der Waals surface area contributed by atoms with Crippen LogP contribution in [0.1, 0.15) is 12.8 Å². The van der Waals surface area contributed by atoms with Crippen LogP contribution in [0.2, 0.25) is 0 Å². The fourth-order valence-corrected chi connectivity index (χ4v) is 2.83. The Morgan fingerprint density at radius 3 is 2.85 bits per heavy atom. The van der Waals surface area contributed by atoms with Crippen LogP contribution in [-0.4, -0.2) is 43.1 Å². The Morgan fingerprint density at radius 1 is 1.31 bits per heavy atom. The predicted octanol–water partition coefficient (Wildman–Crippen LogP) is 1.74. The minimum Gasteiger partial charge on any atom is -0.381 e. The Hall–Kier alpha value is 0.400. The lowest BCUT2D eigenvalue weighted by Gasteiger charge is -2.18. The van der Waals surface area contributed by atoms with Crippen molar-refractivity contribution in [3.8, 4) is 0 Å². The second-order valence-electron chi connectivity index (χ2n) is 4.30. The van der Waals surface area contributed by atoms with Crippen LogP contribution in [0.5, 0.6) is 0 Å². The molecule has 0 aliphatic carbocycles. The fraction of sp³-hybridized carbons (Fsp3) is 1.00. The highest BCUT2D eigenvalue weighted by Gasteiger charge is 2.25. The average Bonchev–Trinajstić information content (AvgIpc) is 2.76. The molecule has 0 amide bonds. The van der Waals surface area contributed by atoms with E-state index in [1.54, 1.807) is 0 Å². The molecule has 2 fully saturated rings. The molecule has 0 spiro atoms. The molecule has 0 radical (unpaired) electrons. The summed E-state index contributed by atoms with van der Waals surface area (Å²) in [4.78, 5) is 2.60. The van der Waals surface area contributed by atoms with Crippen LogP contribution in [0.15, 0.2) is 0 Å². The van der Waals surface area contributed by atoms with E-state index in [9.17, 15) is 0 Å². The van der Waals surface area contributed by atoms with Crippen LogP contribution in [-0.2, 0) is 4.74 Å². The van der Waals surface area contributed by atoms with E-state index in [1.165, 1.54) is 37.8 Å². The van der Waals surface area contributed by atoms with Crippen molar-refractivity contribution in [1.82, 2.24) is 4.90 Å². The monoisotopic (exact) mass is 247 g/mol. The molecule has 0 aromatic rings. The van der Waals surface area contributed by atoms with Crippen molar-refractivity contribution < 1.29 is 4.74 Å². The predicted molar refractivity (Wildman–Crippen MR) is 57.3 cm³/mol. The van der Waals surface area contributed by atoms with Crippen LogP contribution in [0.4, 0.5) is 0 Å². The first-order valence-electron chi connectivity index (χ1n) is 5.24. The lowest BCUT2D eigenvalue weighted by molar-refractivity contribution is 0.173. The summed E-state index contributed by atoms with van der Waals surface area (Å²) in [5, 5.41) is 1.17. The molecule has 2 nitrogen and oxygen atoms in total. The number of nitrogens with zero attached hydrogens (tertiary/aromatic N) is 1. The second kappa shape index (κ2) is 4.76. The van der Waals surface area contributed by atoms with E-state index < -0.39 is 0 Å². The quantitative estimate of drug-likeness (QED) is 0.705. The zero-order valence-corrected chi connectivity index (χ0v) is 9.63. The van der Waals surface area contributed by atoms with Gasteiger partial charge in [0.15, 0.2) is 0 Å². The molecule has 2 aliphatic heterocycles. The van der Waals surface area contributed by atoms with Gasteiger partial charge in [-0.05, 0) is 31.2 Å². The first kappa shape index (κ1) is 9.94. The Kier molecular flexibility index (Phi) is 3.64. The summed E-state index contributed by atoms with van der Waals surface area (Å²) in [6.07, 6.45) is 2.65. The fourth-order valence-electron chi connectivity index (χ4n) is 2.30. The van der Waals surface area contributed by atoms with Crippen molar-refractivity contribution in [2.75, 3.05) is 38.2 Å². The Bertz CT molecular complexity index is 159. The third kappa shape index (κ3) is 2.67. The molecule has 76 valence electrons. The molecule has 2 aliphatic rings. The van der Waals surface area contributed by atoms with Crippen molar-refractivity contribution in [2.24, 2.45) is 11.8 Å².